The number of hydrogen-bond donors (Lipinski definition) is 3. The average molecular weight is 521 g/mol. The lowest BCUT2D eigenvalue weighted by Gasteiger charge is -2.62. The van der Waals surface area contributed by atoms with E-state index in [0.717, 1.165) is 24.8 Å². The Balaban J connectivity index is 1.33. The predicted molar refractivity (Wildman–Crippen MR) is 152 cm³/mol. The second-order valence-electron chi connectivity index (χ2n) is 14.8. The Morgan fingerprint density at radius 2 is 1.68 bits per heavy atom. The Hall–Kier alpha value is -1.69. The third kappa shape index (κ3) is 3.13. The van der Waals surface area contributed by atoms with Gasteiger partial charge in [-0.1, -0.05) is 32.9 Å². The van der Waals surface area contributed by atoms with Crippen LogP contribution in [0.25, 0.3) is 0 Å². The summed E-state index contributed by atoms with van der Waals surface area (Å²) in [5.74, 6) is 1.11. The third-order valence-corrected chi connectivity index (χ3v) is 13.5. The summed E-state index contributed by atoms with van der Waals surface area (Å²) < 4.78 is 0. The number of rotatable bonds is 6. The van der Waals surface area contributed by atoms with E-state index in [9.17, 15) is 15.0 Å². The lowest BCUT2D eigenvalue weighted by molar-refractivity contribution is -0.108. The molecule has 38 heavy (non-hydrogen) atoms. The quantitative estimate of drug-likeness (QED) is 0.347. The second-order valence-corrected chi connectivity index (χ2v) is 14.8. The molecule has 11 unspecified atom stereocenters. The zero-order chi connectivity index (χ0) is 27.3. The zero-order valence-electron chi connectivity index (χ0n) is 24.2. The molecular weight excluding hydrogens is 472 g/mol. The molecule has 2 spiro atoms. The van der Waals surface area contributed by atoms with Gasteiger partial charge in [0.05, 0.1) is 12.7 Å². The van der Waals surface area contributed by atoms with E-state index in [2.05, 4.69) is 64.2 Å². The maximum Gasteiger partial charge on any atom is 0.150 e. The summed E-state index contributed by atoms with van der Waals surface area (Å²) in [6.45, 7) is 9.74. The minimum atomic E-state index is -0.259. The van der Waals surface area contributed by atoms with E-state index < -0.39 is 0 Å². The van der Waals surface area contributed by atoms with Gasteiger partial charge in [0.1, 0.15) is 6.29 Å². The van der Waals surface area contributed by atoms with Crippen molar-refractivity contribution in [2.24, 2.45) is 44.8 Å². The predicted octanol–water partition coefficient (Wildman–Crippen LogP) is 5.39. The van der Waals surface area contributed by atoms with Gasteiger partial charge >= 0.3 is 0 Å². The van der Waals surface area contributed by atoms with Gasteiger partial charge in [0.2, 0.25) is 0 Å². The van der Waals surface area contributed by atoms with Gasteiger partial charge in [-0.15, -0.1) is 0 Å². The van der Waals surface area contributed by atoms with E-state index in [1.807, 2.05) is 24.3 Å². The first-order valence-electron chi connectivity index (χ1n) is 14.9. The van der Waals surface area contributed by atoms with Crippen molar-refractivity contribution in [3.63, 3.8) is 0 Å². The highest BCUT2D eigenvalue weighted by Crippen LogP contribution is 2.87. The van der Waals surface area contributed by atoms with Gasteiger partial charge in [0.15, 0.2) is 0 Å². The molecule has 0 radical (unpaired) electrons. The number of anilines is 1. The molecule has 0 amide bonds. The highest BCUT2D eigenvalue weighted by atomic mass is 16.3. The maximum atomic E-state index is 11.5. The number of carbonyl (C=O) groups is 1. The van der Waals surface area contributed by atoms with Crippen molar-refractivity contribution in [1.82, 2.24) is 4.90 Å². The summed E-state index contributed by atoms with van der Waals surface area (Å²) in [7, 11) is 4.31. The molecule has 11 atom stereocenters. The Morgan fingerprint density at radius 1 is 1.03 bits per heavy atom. The number of fused-ring (bicyclic) bond motifs is 2. The van der Waals surface area contributed by atoms with Crippen molar-refractivity contribution in [3.05, 3.63) is 42.0 Å². The number of aldehydes is 1. The molecule has 0 aromatic heterocycles. The number of allylic oxidation sites excluding steroid dienone is 2. The number of aliphatic hydroxyl groups is 2. The van der Waals surface area contributed by atoms with Gasteiger partial charge in [-0.25, -0.2) is 0 Å². The molecule has 5 nitrogen and oxygen atoms in total. The lowest BCUT2D eigenvalue weighted by Crippen LogP contribution is -2.59. The minimum absolute atomic E-state index is 0.0790. The first kappa shape index (κ1) is 26.5. The van der Waals surface area contributed by atoms with Crippen molar-refractivity contribution >= 4 is 12.0 Å². The van der Waals surface area contributed by atoms with Crippen molar-refractivity contribution in [2.45, 2.75) is 84.4 Å². The Kier molecular flexibility index (Phi) is 5.87. The van der Waals surface area contributed by atoms with Gasteiger partial charge in [0, 0.05) is 34.7 Å². The lowest BCUT2D eigenvalue weighted by atomic mass is 9.43. The largest absolute Gasteiger partial charge is 0.396 e. The van der Waals surface area contributed by atoms with Gasteiger partial charge in [-0.3, -0.25) is 4.79 Å². The molecule has 5 aliphatic carbocycles. The standard InChI is InChI=1S/C33H48N2O3/c1-21(35(5)6)28-24(38)17-31(4)26-12-11-25-29(2,20-37)27(34-23-9-7-22(18-36)8-10-23)13-14-32(25)19-33(26,32)16-15-30(28,31)3/h7-12,18,21,24-28,34,37-38H,13-17,19-20H2,1-6H3. The van der Waals surface area contributed by atoms with Crippen LogP contribution in [0.5, 0.6) is 0 Å². The summed E-state index contributed by atoms with van der Waals surface area (Å²) in [4.78, 5) is 13.4. The van der Waals surface area contributed by atoms with Gasteiger partial charge in [-0.05, 0) is 117 Å². The molecule has 5 aliphatic rings. The number of hydrogen-bond acceptors (Lipinski definition) is 5. The van der Waals surface area contributed by atoms with Crippen LogP contribution in [0.2, 0.25) is 0 Å². The van der Waals surface area contributed by atoms with Crippen LogP contribution < -0.4 is 5.32 Å². The fourth-order valence-electron chi connectivity index (χ4n) is 11.1. The molecule has 6 rings (SSSR count). The van der Waals surface area contributed by atoms with E-state index >= 15 is 0 Å². The van der Waals surface area contributed by atoms with E-state index in [4.69, 9.17) is 0 Å². The van der Waals surface area contributed by atoms with Crippen molar-refractivity contribution < 1.29 is 15.0 Å². The zero-order valence-corrected chi connectivity index (χ0v) is 24.2. The van der Waals surface area contributed by atoms with Crippen LogP contribution in [0.1, 0.15) is 76.6 Å². The van der Waals surface area contributed by atoms with Crippen molar-refractivity contribution in [2.75, 3.05) is 26.0 Å². The highest BCUT2D eigenvalue weighted by molar-refractivity contribution is 5.75. The van der Waals surface area contributed by atoms with Crippen LogP contribution >= 0.6 is 0 Å². The Morgan fingerprint density at radius 3 is 2.32 bits per heavy atom. The highest BCUT2D eigenvalue weighted by Gasteiger charge is 2.82. The van der Waals surface area contributed by atoms with Gasteiger partial charge in [0.25, 0.3) is 0 Å². The minimum Gasteiger partial charge on any atom is -0.396 e. The Bertz CT molecular complexity index is 1130. The molecule has 1 aromatic carbocycles. The molecule has 4 fully saturated rings. The molecule has 0 bridgehead atoms. The number of nitrogens with one attached hydrogen (secondary N) is 1. The van der Waals surface area contributed by atoms with Gasteiger partial charge in [-0.2, -0.15) is 0 Å². The number of carbonyl (C=O) groups excluding carboxylic acids is 1. The second kappa shape index (κ2) is 8.41. The molecule has 0 saturated heterocycles. The molecular formula is C33H48N2O3. The topological polar surface area (TPSA) is 72.8 Å². The van der Waals surface area contributed by atoms with E-state index in [1.165, 1.54) is 25.7 Å². The smallest absolute Gasteiger partial charge is 0.150 e. The fraction of sp³-hybridized carbons (Fsp3) is 0.727. The van der Waals surface area contributed by atoms with Crippen LogP contribution in [0, 0.1) is 44.8 Å². The molecule has 208 valence electrons. The molecule has 5 heteroatoms. The first-order valence-corrected chi connectivity index (χ1v) is 14.9. The molecule has 1 aromatic rings. The van der Waals surface area contributed by atoms with E-state index in [1.54, 1.807) is 0 Å². The molecule has 3 N–H and O–H groups in total. The average Bonchev–Trinajstić information content (AvgIpc) is 3.50. The summed E-state index contributed by atoms with van der Waals surface area (Å²) in [5, 5.41) is 26.2. The molecule has 4 saturated carbocycles. The van der Waals surface area contributed by atoms with Crippen molar-refractivity contribution in [1.29, 1.82) is 0 Å². The number of nitrogens with zero attached hydrogens (tertiary/aromatic N) is 1. The normalized spacial score (nSPS) is 49.4. The summed E-state index contributed by atoms with van der Waals surface area (Å²) >= 11 is 0. The maximum absolute atomic E-state index is 11.5. The summed E-state index contributed by atoms with van der Waals surface area (Å²) in [5.41, 5.74) is 2.18. The van der Waals surface area contributed by atoms with Crippen LogP contribution in [-0.2, 0) is 0 Å². The third-order valence-electron chi connectivity index (χ3n) is 13.5. The van der Waals surface area contributed by atoms with Gasteiger partial charge < -0.3 is 20.4 Å². The van der Waals surface area contributed by atoms with E-state index in [0.29, 0.717) is 28.9 Å². The van der Waals surface area contributed by atoms with Crippen LogP contribution in [-0.4, -0.2) is 60.3 Å². The van der Waals surface area contributed by atoms with E-state index in [-0.39, 0.29) is 46.3 Å². The summed E-state index contributed by atoms with van der Waals surface area (Å²) in [6.07, 6.45) is 12.5. The fourth-order valence-corrected chi connectivity index (χ4v) is 11.1. The number of aliphatic hydroxyl groups excluding tert-OH is 2. The monoisotopic (exact) mass is 520 g/mol. The number of benzene rings is 1. The first-order chi connectivity index (χ1) is 17.9. The van der Waals surface area contributed by atoms with Crippen LogP contribution in [0.15, 0.2) is 36.4 Å². The molecule has 0 heterocycles. The Labute approximate surface area is 229 Å². The SMILES string of the molecule is CC(C1C(O)CC2(C)C3C=CC4C(C)(CO)C(Nc5ccc(C=O)cc5)CCC45CC35CCC12C)N(C)C. The molecule has 0 aliphatic heterocycles. The van der Waals surface area contributed by atoms with Crippen LogP contribution in [0.3, 0.4) is 0 Å². The summed E-state index contributed by atoms with van der Waals surface area (Å²) in [6, 6.07) is 8.20. The van der Waals surface area contributed by atoms with Crippen molar-refractivity contribution in [3.8, 4) is 0 Å². The van der Waals surface area contributed by atoms with Crippen LogP contribution in [0.4, 0.5) is 5.69 Å².